The van der Waals surface area contributed by atoms with Gasteiger partial charge in [0, 0.05) is 34.1 Å². The quantitative estimate of drug-likeness (QED) is 0.387. The predicted octanol–water partition coefficient (Wildman–Crippen LogP) is 6.23. The van der Waals surface area contributed by atoms with E-state index in [1.165, 1.54) is 17.0 Å². The smallest absolute Gasteiger partial charge is 0.243 e. The summed E-state index contributed by atoms with van der Waals surface area (Å²) < 4.78 is 13.4. The van der Waals surface area contributed by atoms with Crippen molar-refractivity contribution in [2.75, 3.05) is 0 Å². The van der Waals surface area contributed by atoms with Crippen LogP contribution >= 0.6 is 23.2 Å². The molecule has 0 saturated carbocycles. The molecule has 2 amide bonds. The summed E-state index contributed by atoms with van der Waals surface area (Å²) in [5.74, 6) is -0.956. The second-order valence-electron chi connectivity index (χ2n) is 9.47. The van der Waals surface area contributed by atoms with Crippen molar-refractivity contribution in [1.29, 1.82) is 0 Å². The molecule has 4 nitrogen and oxygen atoms in total. The average molecular weight is 515 g/mol. The number of carbonyl (C=O) groups is 2. The molecule has 0 aromatic heterocycles. The molecule has 3 rings (SSSR count). The van der Waals surface area contributed by atoms with Crippen molar-refractivity contribution < 1.29 is 14.0 Å². The Hall–Kier alpha value is -2.89. The number of amides is 2. The molecule has 0 fully saturated rings. The number of halogens is 3. The molecule has 1 N–H and O–H groups in total. The van der Waals surface area contributed by atoms with Crippen molar-refractivity contribution in [3.05, 3.63) is 105 Å². The summed E-state index contributed by atoms with van der Waals surface area (Å²) in [5.41, 5.74) is 1.61. The first-order chi connectivity index (χ1) is 16.5. The van der Waals surface area contributed by atoms with Gasteiger partial charge in [0.2, 0.25) is 11.8 Å². The lowest BCUT2D eigenvalue weighted by molar-refractivity contribution is -0.141. The summed E-state index contributed by atoms with van der Waals surface area (Å²) in [6.45, 7) is 5.72. The maximum absolute atomic E-state index is 13.7. The molecule has 7 heteroatoms. The molecule has 184 valence electrons. The van der Waals surface area contributed by atoms with Gasteiger partial charge < -0.3 is 10.2 Å². The first-order valence-corrected chi connectivity index (χ1v) is 12.1. The van der Waals surface area contributed by atoms with E-state index in [1.807, 2.05) is 51.1 Å². The molecule has 35 heavy (non-hydrogen) atoms. The van der Waals surface area contributed by atoms with E-state index in [1.54, 1.807) is 30.3 Å². The van der Waals surface area contributed by atoms with Crippen LogP contribution < -0.4 is 5.32 Å². The highest BCUT2D eigenvalue weighted by molar-refractivity contribution is 6.36. The maximum Gasteiger partial charge on any atom is 0.243 e. The Morgan fingerprint density at radius 1 is 0.886 bits per heavy atom. The van der Waals surface area contributed by atoms with Crippen LogP contribution in [0.5, 0.6) is 0 Å². The fourth-order valence-corrected chi connectivity index (χ4v) is 4.26. The molecule has 0 aliphatic rings. The Labute approximate surface area is 216 Å². The van der Waals surface area contributed by atoms with Gasteiger partial charge in [0.25, 0.3) is 0 Å². The third kappa shape index (κ3) is 7.81. The van der Waals surface area contributed by atoms with Gasteiger partial charge in [0.15, 0.2) is 0 Å². The SMILES string of the molecule is CC(C)(C)NC(=O)C(Cc1ccccc1)N(Cc1c(Cl)cccc1Cl)C(=O)Cc1ccc(F)cc1. The van der Waals surface area contributed by atoms with Crippen LogP contribution in [0.1, 0.15) is 37.5 Å². The summed E-state index contributed by atoms with van der Waals surface area (Å²) in [7, 11) is 0. The van der Waals surface area contributed by atoms with Gasteiger partial charge in [-0.15, -0.1) is 0 Å². The lowest BCUT2D eigenvalue weighted by Gasteiger charge is -2.34. The third-order valence-corrected chi connectivity index (χ3v) is 6.14. The van der Waals surface area contributed by atoms with Crippen molar-refractivity contribution in [3.63, 3.8) is 0 Å². The van der Waals surface area contributed by atoms with E-state index in [9.17, 15) is 14.0 Å². The lowest BCUT2D eigenvalue weighted by Crippen LogP contribution is -2.54. The van der Waals surface area contributed by atoms with Crippen LogP contribution in [0.4, 0.5) is 4.39 Å². The minimum atomic E-state index is -0.822. The summed E-state index contributed by atoms with van der Waals surface area (Å²) >= 11 is 12.9. The maximum atomic E-state index is 13.7. The van der Waals surface area contributed by atoms with E-state index in [-0.39, 0.29) is 30.6 Å². The van der Waals surface area contributed by atoms with Crippen molar-refractivity contribution in [2.45, 2.75) is 51.7 Å². The fraction of sp³-hybridized carbons (Fsp3) is 0.286. The van der Waals surface area contributed by atoms with E-state index in [0.29, 0.717) is 27.6 Å². The minimum absolute atomic E-state index is 0.00353. The normalized spacial score (nSPS) is 12.2. The monoisotopic (exact) mass is 514 g/mol. The van der Waals surface area contributed by atoms with Gasteiger partial charge in [-0.25, -0.2) is 4.39 Å². The highest BCUT2D eigenvalue weighted by Gasteiger charge is 2.33. The fourth-order valence-electron chi connectivity index (χ4n) is 3.74. The molecule has 0 bridgehead atoms. The minimum Gasteiger partial charge on any atom is -0.350 e. The zero-order valence-electron chi connectivity index (χ0n) is 20.0. The predicted molar refractivity (Wildman–Crippen MR) is 139 cm³/mol. The molecule has 0 heterocycles. The Kier molecular flexibility index (Phi) is 8.92. The van der Waals surface area contributed by atoms with Crippen LogP contribution in [0.15, 0.2) is 72.8 Å². The first kappa shape index (κ1) is 26.7. The molecular formula is C28H29Cl2FN2O2. The Morgan fingerprint density at radius 2 is 1.49 bits per heavy atom. The highest BCUT2D eigenvalue weighted by Crippen LogP contribution is 2.27. The molecule has 0 aliphatic heterocycles. The number of nitrogens with one attached hydrogen (secondary N) is 1. The summed E-state index contributed by atoms with van der Waals surface area (Å²) in [6, 6.07) is 19.6. The van der Waals surface area contributed by atoms with Gasteiger partial charge in [-0.05, 0) is 56.2 Å². The number of benzene rings is 3. The molecule has 3 aromatic rings. The highest BCUT2D eigenvalue weighted by atomic mass is 35.5. The van der Waals surface area contributed by atoms with Crippen LogP contribution in [-0.2, 0) is 29.0 Å². The van der Waals surface area contributed by atoms with Gasteiger partial charge in [0.05, 0.1) is 6.42 Å². The Bertz CT molecular complexity index is 1140. The van der Waals surface area contributed by atoms with Gasteiger partial charge in [-0.3, -0.25) is 9.59 Å². The summed E-state index contributed by atoms with van der Waals surface area (Å²) in [5, 5.41) is 3.83. The van der Waals surface area contributed by atoms with E-state index in [0.717, 1.165) is 5.56 Å². The van der Waals surface area contributed by atoms with Crippen molar-refractivity contribution >= 4 is 35.0 Å². The van der Waals surface area contributed by atoms with E-state index < -0.39 is 11.6 Å². The van der Waals surface area contributed by atoms with Crippen LogP contribution in [0.2, 0.25) is 10.0 Å². The molecule has 0 saturated heterocycles. The van der Waals surface area contributed by atoms with E-state index >= 15 is 0 Å². The number of nitrogens with zero attached hydrogens (tertiary/aromatic N) is 1. The zero-order valence-corrected chi connectivity index (χ0v) is 21.5. The van der Waals surface area contributed by atoms with E-state index in [4.69, 9.17) is 23.2 Å². The molecule has 0 radical (unpaired) electrons. The van der Waals surface area contributed by atoms with Crippen molar-refractivity contribution in [3.8, 4) is 0 Å². The second-order valence-corrected chi connectivity index (χ2v) is 10.3. The van der Waals surface area contributed by atoms with Gasteiger partial charge in [-0.1, -0.05) is 71.7 Å². The van der Waals surface area contributed by atoms with Gasteiger partial charge in [0.1, 0.15) is 11.9 Å². The third-order valence-electron chi connectivity index (χ3n) is 5.43. The average Bonchev–Trinajstić information content (AvgIpc) is 2.79. The topological polar surface area (TPSA) is 49.4 Å². The van der Waals surface area contributed by atoms with Gasteiger partial charge in [-0.2, -0.15) is 0 Å². The zero-order chi connectivity index (χ0) is 25.6. The molecule has 0 aliphatic carbocycles. The van der Waals surface area contributed by atoms with Crippen molar-refractivity contribution in [2.24, 2.45) is 0 Å². The molecular weight excluding hydrogens is 486 g/mol. The molecule has 3 aromatic carbocycles. The van der Waals surface area contributed by atoms with Gasteiger partial charge >= 0.3 is 0 Å². The summed E-state index contributed by atoms with van der Waals surface area (Å²) in [6.07, 6.45) is 0.302. The number of hydrogen-bond acceptors (Lipinski definition) is 2. The van der Waals surface area contributed by atoms with Crippen molar-refractivity contribution in [1.82, 2.24) is 10.2 Å². The van der Waals surface area contributed by atoms with Crippen LogP contribution in [0, 0.1) is 5.82 Å². The number of hydrogen-bond donors (Lipinski definition) is 1. The van der Waals surface area contributed by atoms with E-state index in [2.05, 4.69) is 5.32 Å². The largest absolute Gasteiger partial charge is 0.350 e. The lowest BCUT2D eigenvalue weighted by atomic mass is 9.99. The Balaban J connectivity index is 2.03. The standard InChI is InChI=1S/C28H29Cl2FN2O2/c1-28(2,3)32-27(35)25(16-19-8-5-4-6-9-19)33(18-22-23(29)10-7-11-24(22)30)26(34)17-20-12-14-21(31)15-13-20/h4-15,25H,16-18H2,1-3H3,(H,32,35). The number of rotatable bonds is 8. The van der Waals surface area contributed by atoms with Crippen LogP contribution in [0.3, 0.4) is 0 Å². The molecule has 0 spiro atoms. The summed E-state index contributed by atoms with van der Waals surface area (Å²) in [4.78, 5) is 28.8. The first-order valence-electron chi connectivity index (χ1n) is 11.4. The molecule has 1 unspecified atom stereocenters. The van der Waals surface area contributed by atoms with Crippen LogP contribution in [0.25, 0.3) is 0 Å². The molecule has 1 atom stereocenters. The van der Waals surface area contributed by atoms with Crippen LogP contribution in [-0.4, -0.2) is 28.3 Å². The number of carbonyl (C=O) groups excluding carboxylic acids is 2. The Morgan fingerprint density at radius 3 is 2.06 bits per heavy atom. The second kappa shape index (κ2) is 11.7.